The second-order valence-electron chi connectivity index (χ2n) is 7.78. The van der Waals surface area contributed by atoms with Crippen LogP contribution in [0.15, 0.2) is 37.1 Å². The Labute approximate surface area is 172 Å². The maximum atomic E-state index is 4.93. The van der Waals surface area contributed by atoms with E-state index in [0.29, 0.717) is 0 Å². The number of hydrogen-bond acceptors (Lipinski definition) is 6. The molecule has 1 fully saturated rings. The van der Waals surface area contributed by atoms with E-state index in [1.807, 2.05) is 37.9 Å². The van der Waals surface area contributed by atoms with Crippen LogP contribution in [-0.2, 0) is 7.05 Å². The third kappa shape index (κ3) is 2.73. The van der Waals surface area contributed by atoms with Gasteiger partial charge in [0.05, 0.1) is 47.2 Å². The number of aromatic nitrogens is 8. The lowest BCUT2D eigenvalue weighted by molar-refractivity contribution is 0.578. The Balaban J connectivity index is 1.47. The number of piperidine rings is 1. The first kappa shape index (κ1) is 17.1. The summed E-state index contributed by atoms with van der Waals surface area (Å²) >= 11 is 0. The number of aryl methyl sites for hydroxylation is 1. The van der Waals surface area contributed by atoms with Crippen LogP contribution in [0.4, 0.5) is 5.69 Å². The number of rotatable bonds is 3. The van der Waals surface area contributed by atoms with E-state index in [0.717, 1.165) is 63.5 Å². The van der Waals surface area contributed by atoms with Gasteiger partial charge in [0, 0.05) is 37.3 Å². The summed E-state index contributed by atoms with van der Waals surface area (Å²) in [4.78, 5) is 19.7. The van der Waals surface area contributed by atoms with Gasteiger partial charge in [-0.25, -0.2) is 4.98 Å². The molecule has 0 spiro atoms. The molecule has 30 heavy (non-hydrogen) atoms. The van der Waals surface area contributed by atoms with Crippen LogP contribution in [0.1, 0.15) is 19.3 Å². The summed E-state index contributed by atoms with van der Waals surface area (Å²) in [5, 5.41) is 12.8. The van der Waals surface area contributed by atoms with Gasteiger partial charge in [-0.2, -0.15) is 10.2 Å². The molecule has 5 aromatic rings. The molecule has 6 heterocycles. The van der Waals surface area contributed by atoms with Crippen molar-refractivity contribution in [2.24, 2.45) is 7.05 Å². The van der Waals surface area contributed by atoms with Gasteiger partial charge in [0.15, 0.2) is 5.82 Å². The first-order valence-corrected chi connectivity index (χ1v) is 10.2. The van der Waals surface area contributed by atoms with Crippen molar-refractivity contribution in [1.82, 2.24) is 39.9 Å². The first-order chi connectivity index (χ1) is 14.8. The molecule has 0 aliphatic carbocycles. The number of H-pyrrole nitrogens is 2. The van der Waals surface area contributed by atoms with Crippen molar-refractivity contribution < 1.29 is 0 Å². The zero-order valence-electron chi connectivity index (χ0n) is 16.6. The van der Waals surface area contributed by atoms with Gasteiger partial charge in [0.25, 0.3) is 0 Å². The fourth-order valence-electron chi connectivity index (χ4n) is 4.21. The highest BCUT2D eigenvalue weighted by Crippen LogP contribution is 2.32. The maximum absolute atomic E-state index is 4.93. The fraction of sp³-hybridized carbons (Fsp3) is 0.286. The molecule has 0 atom stereocenters. The molecule has 5 aromatic heterocycles. The van der Waals surface area contributed by atoms with Gasteiger partial charge >= 0.3 is 0 Å². The third-order valence-electron chi connectivity index (χ3n) is 5.74. The van der Waals surface area contributed by atoms with E-state index in [2.05, 4.69) is 35.1 Å². The van der Waals surface area contributed by atoms with Crippen molar-refractivity contribution in [3.05, 3.63) is 37.1 Å². The van der Waals surface area contributed by atoms with Crippen LogP contribution in [0.25, 0.3) is 44.7 Å². The van der Waals surface area contributed by atoms with Crippen molar-refractivity contribution >= 4 is 27.6 Å². The predicted molar refractivity (Wildman–Crippen MR) is 115 cm³/mol. The Bertz CT molecular complexity index is 1350. The SMILES string of the molecule is Cn1cc(-c2cc3c(-c4nc5c(N6CCCCC6)cncc5[nH]4)n[nH]c3cn2)cn1. The van der Waals surface area contributed by atoms with Gasteiger partial charge < -0.3 is 9.88 Å². The second kappa shape index (κ2) is 6.65. The third-order valence-corrected chi connectivity index (χ3v) is 5.74. The number of hydrogen-bond donors (Lipinski definition) is 2. The Morgan fingerprint density at radius 1 is 1.00 bits per heavy atom. The molecule has 1 saturated heterocycles. The minimum absolute atomic E-state index is 0.728. The minimum atomic E-state index is 0.728. The first-order valence-electron chi connectivity index (χ1n) is 10.2. The summed E-state index contributed by atoms with van der Waals surface area (Å²) in [6.45, 7) is 2.10. The Morgan fingerprint density at radius 2 is 1.90 bits per heavy atom. The Kier molecular flexibility index (Phi) is 3.80. The molecule has 1 aliphatic heterocycles. The summed E-state index contributed by atoms with van der Waals surface area (Å²) in [6.07, 6.45) is 13.0. The predicted octanol–water partition coefficient (Wildman–Crippen LogP) is 3.29. The molecule has 9 nitrogen and oxygen atoms in total. The van der Waals surface area contributed by atoms with Crippen molar-refractivity contribution in [3.8, 4) is 22.8 Å². The lowest BCUT2D eigenvalue weighted by atomic mass is 10.1. The highest BCUT2D eigenvalue weighted by Gasteiger charge is 2.19. The second-order valence-corrected chi connectivity index (χ2v) is 7.78. The topological polar surface area (TPSA) is 104 Å². The van der Waals surface area contributed by atoms with E-state index >= 15 is 0 Å². The molecule has 150 valence electrons. The van der Waals surface area contributed by atoms with Crippen LogP contribution in [0.2, 0.25) is 0 Å². The largest absolute Gasteiger partial charge is 0.368 e. The van der Waals surface area contributed by atoms with Crippen LogP contribution in [0.3, 0.4) is 0 Å². The molecule has 9 heteroatoms. The van der Waals surface area contributed by atoms with Gasteiger partial charge in [0.1, 0.15) is 11.2 Å². The number of nitrogens with zero attached hydrogens (tertiary/aromatic N) is 7. The van der Waals surface area contributed by atoms with E-state index in [-0.39, 0.29) is 0 Å². The van der Waals surface area contributed by atoms with E-state index in [4.69, 9.17) is 4.98 Å². The average molecular weight is 399 g/mol. The van der Waals surface area contributed by atoms with Crippen LogP contribution in [-0.4, -0.2) is 53.0 Å². The number of fused-ring (bicyclic) bond motifs is 2. The zero-order chi connectivity index (χ0) is 20.1. The van der Waals surface area contributed by atoms with Gasteiger partial charge in [-0.3, -0.25) is 19.7 Å². The minimum Gasteiger partial charge on any atom is -0.368 e. The lowest BCUT2D eigenvalue weighted by Gasteiger charge is -2.28. The molecule has 0 radical (unpaired) electrons. The molecule has 2 N–H and O–H groups in total. The number of nitrogens with one attached hydrogen (secondary N) is 2. The highest BCUT2D eigenvalue weighted by molar-refractivity contribution is 5.96. The summed E-state index contributed by atoms with van der Waals surface area (Å²) in [6, 6.07) is 2.03. The van der Waals surface area contributed by atoms with E-state index in [1.165, 1.54) is 19.3 Å². The summed E-state index contributed by atoms with van der Waals surface area (Å²) in [5.41, 5.74) is 6.42. The number of pyridine rings is 2. The standard InChI is InChI=1S/C21H21N9/c1-29-12-13(8-24-29)15-7-14-16(10-23-15)27-28-19(14)21-25-17-9-22-11-18(20(17)26-21)30-5-3-2-4-6-30/h7-12H,2-6H2,1H3,(H,25,26)(H,27,28). The van der Waals surface area contributed by atoms with Crippen molar-refractivity contribution in [2.45, 2.75) is 19.3 Å². The van der Waals surface area contributed by atoms with Crippen LogP contribution in [0.5, 0.6) is 0 Å². The summed E-state index contributed by atoms with van der Waals surface area (Å²) in [5.74, 6) is 0.728. The van der Waals surface area contributed by atoms with Crippen molar-refractivity contribution in [3.63, 3.8) is 0 Å². The van der Waals surface area contributed by atoms with Gasteiger partial charge in [0.2, 0.25) is 0 Å². The summed E-state index contributed by atoms with van der Waals surface area (Å²) in [7, 11) is 1.90. The number of anilines is 1. The molecule has 0 bridgehead atoms. The van der Waals surface area contributed by atoms with Gasteiger partial charge in [-0.05, 0) is 25.3 Å². The van der Waals surface area contributed by atoms with Crippen LogP contribution >= 0.6 is 0 Å². The van der Waals surface area contributed by atoms with Crippen molar-refractivity contribution in [2.75, 3.05) is 18.0 Å². The quantitative estimate of drug-likeness (QED) is 0.482. The van der Waals surface area contributed by atoms with E-state index in [9.17, 15) is 0 Å². The smallest absolute Gasteiger partial charge is 0.159 e. The summed E-state index contributed by atoms with van der Waals surface area (Å²) < 4.78 is 1.77. The molecule has 6 rings (SSSR count). The van der Waals surface area contributed by atoms with Gasteiger partial charge in [-0.1, -0.05) is 0 Å². The monoisotopic (exact) mass is 399 g/mol. The Morgan fingerprint density at radius 3 is 2.73 bits per heavy atom. The lowest BCUT2D eigenvalue weighted by Crippen LogP contribution is -2.29. The molecule has 0 aromatic carbocycles. The molecule has 0 amide bonds. The average Bonchev–Trinajstić information content (AvgIpc) is 3.50. The van der Waals surface area contributed by atoms with Gasteiger partial charge in [-0.15, -0.1) is 0 Å². The normalized spacial score (nSPS) is 14.8. The van der Waals surface area contributed by atoms with E-state index < -0.39 is 0 Å². The maximum Gasteiger partial charge on any atom is 0.159 e. The van der Waals surface area contributed by atoms with Crippen LogP contribution in [0, 0.1) is 0 Å². The van der Waals surface area contributed by atoms with Crippen molar-refractivity contribution in [1.29, 1.82) is 0 Å². The Hall–Kier alpha value is -3.75. The number of aromatic amines is 2. The molecule has 1 aliphatic rings. The van der Waals surface area contributed by atoms with E-state index in [1.54, 1.807) is 10.9 Å². The molecular weight excluding hydrogens is 378 g/mol. The zero-order valence-corrected chi connectivity index (χ0v) is 16.6. The molecular formula is C21H21N9. The molecule has 0 saturated carbocycles. The highest BCUT2D eigenvalue weighted by atomic mass is 15.2. The fourth-order valence-corrected chi connectivity index (χ4v) is 4.21. The van der Waals surface area contributed by atoms with Crippen LogP contribution < -0.4 is 4.90 Å². The number of imidazole rings is 1. The molecule has 0 unspecified atom stereocenters.